The highest BCUT2D eigenvalue weighted by Gasteiger charge is 2.42. The molecule has 2 aromatic carbocycles. The molecule has 0 radical (unpaired) electrons. The monoisotopic (exact) mass is 646 g/mol. The molecule has 12 heteroatoms. The molecule has 246 valence electrons. The number of nitrogens with one attached hydrogen (secondary N) is 1. The lowest BCUT2D eigenvalue weighted by Crippen LogP contribution is -2.52. The Bertz CT molecular complexity index is 1930. The predicted molar refractivity (Wildman–Crippen MR) is 176 cm³/mol. The Labute approximate surface area is 277 Å². The summed E-state index contributed by atoms with van der Waals surface area (Å²) < 4.78 is 2.07. The van der Waals surface area contributed by atoms with Crippen LogP contribution in [-0.4, -0.2) is 78.4 Å². The van der Waals surface area contributed by atoms with Crippen LogP contribution in [0.25, 0.3) is 22.3 Å². The van der Waals surface area contributed by atoms with Gasteiger partial charge in [-0.1, -0.05) is 24.3 Å². The van der Waals surface area contributed by atoms with Gasteiger partial charge in [-0.2, -0.15) is 5.10 Å². The van der Waals surface area contributed by atoms with E-state index in [2.05, 4.69) is 31.2 Å². The highest BCUT2D eigenvalue weighted by atomic mass is 16.2. The number of carbonyl (C=O) groups is 4. The zero-order valence-electron chi connectivity index (χ0n) is 26.6. The SMILES string of the molecule is NC(=O)C(Cc1ccc2c(c1)CN(C1CCC(=O)NC1=O)C2=O)C1CC(N2CCC(n3cc(-c4cnc5ccccc5n4)cn3)CC2)C1. The number of rotatable bonds is 8. The molecule has 2 aromatic heterocycles. The van der Waals surface area contributed by atoms with Gasteiger partial charge in [-0.25, -0.2) is 4.98 Å². The maximum absolute atomic E-state index is 13.1. The van der Waals surface area contributed by atoms with Crippen molar-refractivity contribution in [3.63, 3.8) is 0 Å². The third kappa shape index (κ3) is 5.63. The lowest BCUT2D eigenvalue weighted by Gasteiger charge is -2.47. The van der Waals surface area contributed by atoms with E-state index in [-0.39, 0.29) is 36.0 Å². The summed E-state index contributed by atoms with van der Waals surface area (Å²) in [6, 6.07) is 13.7. The zero-order chi connectivity index (χ0) is 32.9. The van der Waals surface area contributed by atoms with Gasteiger partial charge in [-0.3, -0.25) is 34.2 Å². The van der Waals surface area contributed by atoms with Gasteiger partial charge in [0.15, 0.2) is 0 Å². The van der Waals surface area contributed by atoms with Crippen molar-refractivity contribution in [3.05, 3.63) is 77.7 Å². The molecule has 1 saturated carbocycles. The van der Waals surface area contributed by atoms with Gasteiger partial charge in [0.1, 0.15) is 6.04 Å². The summed E-state index contributed by atoms with van der Waals surface area (Å²) in [6.07, 6.45) is 10.7. The molecular weight excluding hydrogens is 608 g/mol. The van der Waals surface area contributed by atoms with Crippen LogP contribution in [0.5, 0.6) is 0 Å². The fraction of sp³-hybridized carbons (Fsp3) is 0.417. The van der Waals surface area contributed by atoms with Gasteiger partial charge in [0, 0.05) is 55.3 Å². The summed E-state index contributed by atoms with van der Waals surface area (Å²) in [5.41, 5.74) is 11.9. The van der Waals surface area contributed by atoms with Crippen LogP contribution in [0, 0.1) is 11.8 Å². The van der Waals surface area contributed by atoms with Gasteiger partial charge in [0.2, 0.25) is 17.7 Å². The predicted octanol–water partition coefficient (Wildman–Crippen LogP) is 3.01. The molecule has 3 fully saturated rings. The first kappa shape index (κ1) is 30.4. The van der Waals surface area contributed by atoms with E-state index in [4.69, 9.17) is 10.7 Å². The largest absolute Gasteiger partial charge is 0.369 e. The van der Waals surface area contributed by atoms with E-state index in [1.807, 2.05) is 48.8 Å². The number of imide groups is 1. The second kappa shape index (κ2) is 12.2. The number of piperidine rings is 2. The van der Waals surface area contributed by atoms with Crippen LogP contribution in [0.15, 0.2) is 61.1 Å². The molecule has 4 aliphatic rings. The number of hydrogen-bond acceptors (Lipinski definition) is 8. The number of primary amides is 1. The minimum Gasteiger partial charge on any atom is -0.369 e. The first-order chi connectivity index (χ1) is 23.3. The average molecular weight is 647 g/mol. The molecular formula is C36H38N8O4. The Morgan fingerprint density at radius 1 is 0.979 bits per heavy atom. The van der Waals surface area contributed by atoms with Gasteiger partial charge in [0.25, 0.3) is 5.91 Å². The van der Waals surface area contributed by atoms with Gasteiger partial charge in [0.05, 0.1) is 35.2 Å². The Balaban J connectivity index is 0.850. The number of aromatic nitrogens is 4. The second-order valence-corrected chi connectivity index (χ2v) is 13.7. The summed E-state index contributed by atoms with van der Waals surface area (Å²) in [7, 11) is 0. The summed E-state index contributed by atoms with van der Waals surface area (Å²) in [4.78, 5) is 63.1. The number of nitrogens with two attached hydrogens (primary N) is 1. The lowest BCUT2D eigenvalue weighted by atomic mass is 9.69. The summed E-state index contributed by atoms with van der Waals surface area (Å²) in [6.45, 7) is 2.28. The quantitative estimate of drug-likeness (QED) is 0.277. The van der Waals surface area contributed by atoms with Crippen LogP contribution in [0.4, 0.5) is 0 Å². The molecule has 2 saturated heterocycles. The minimum atomic E-state index is -0.649. The van der Waals surface area contributed by atoms with Crippen LogP contribution < -0.4 is 11.1 Å². The number of likely N-dealkylation sites (tertiary alicyclic amines) is 1. The maximum atomic E-state index is 13.1. The van der Waals surface area contributed by atoms with E-state index >= 15 is 0 Å². The molecule has 12 nitrogen and oxygen atoms in total. The van der Waals surface area contributed by atoms with Crippen LogP contribution in [0.3, 0.4) is 0 Å². The molecule has 2 unspecified atom stereocenters. The summed E-state index contributed by atoms with van der Waals surface area (Å²) in [5.74, 6) is -1.27. The fourth-order valence-electron chi connectivity index (χ4n) is 8.05. The Hall–Kier alpha value is -4.97. The average Bonchev–Trinajstić information content (AvgIpc) is 3.69. The van der Waals surface area contributed by atoms with E-state index in [0.29, 0.717) is 37.0 Å². The molecule has 4 amide bonds. The topological polar surface area (TPSA) is 156 Å². The summed E-state index contributed by atoms with van der Waals surface area (Å²) in [5, 5.41) is 7.02. The van der Waals surface area contributed by atoms with Crippen LogP contribution in [-0.2, 0) is 27.3 Å². The molecule has 4 aromatic rings. The van der Waals surface area contributed by atoms with Gasteiger partial charge in [-0.05, 0) is 73.8 Å². The van der Waals surface area contributed by atoms with Crippen molar-refractivity contribution in [2.75, 3.05) is 13.1 Å². The number of carbonyl (C=O) groups excluding carboxylic acids is 4. The van der Waals surface area contributed by atoms with Gasteiger partial charge in [-0.15, -0.1) is 0 Å². The normalized spacial score (nSPS) is 24.0. The van der Waals surface area contributed by atoms with Gasteiger partial charge >= 0.3 is 0 Å². The molecule has 48 heavy (non-hydrogen) atoms. The molecule has 3 aliphatic heterocycles. The molecule has 5 heterocycles. The Morgan fingerprint density at radius 2 is 1.77 bits per heavy atom. The number of nitrogens with zero attached hydrogens (tertiary/aromatic N) is 6. The lowest BCUT2D eigenvalue weighted by molar-refractivity contribution is -0.137. The van der Waals surface area contributed by atoms with Crippen molar-refractivity contribution < 1.29 is 19.2 Å². The smallest absolute Gasteiger partial charge is 0.255 e. The van der Waals surface area contributed by atoms with Crippen molar-refractivity contribution in [1.29, 1.82) is 0 Å². The van der Waals surface area contributed by atoms with Crippen molar-refractivity contribution in [1.82, 2.24) is 34.9 Å². The molecule has 8 rings (SSSR count). The molecule has 3 N–H and O–H groups in total. The van der Waals surface area contributed by atoms with E-state index in [9.17, 15) is 19.2 Å². The molecule has 2 atom stereocenters. The second-order valence-electron chi connectivity index (χ2n) is 13.7. The van der Waals surface area contributed by atoms with E-state index in [1.165, 1.54) is 0 Å². The first-order valence-electron chi connectivity index (χ1n) is 16.9. The van der Waals surface area contributed by atoms with Crippen molar-refractivity contribution >= 4 is 34.7 Å². The highest BCUT2D eigenvalue weighted by molar-refractivity contribution is 6.05. The third-order valence-electron chi connectivity index (χ3n) is 10.9. The van der Waals surface area contributed by atoms with Crippen LogP contribution >= 0.6 is 0 Å². The number of fused-ring (bicyclic) bond motifs is 2. The van der Waals surface area contributed by atoms with Crippen LogP contribution in [0.1, 0.15) is 66.1 Å². The zero-order valence-corrected chi connectivity index (χ0v) is 26.6. The number of hydrogen-bond donors (Lipinski definition) is 2. The van der Waals surface area contributed by atoms with Crippen molar-refractivity contribution in [2.45, 2.75) is 69.6 Å². The van der Waals surface area contributed by atoms with E-state index in [1.54, 1.807) is 11.0 Å². The number of para-hydroxylation sites is 2. The standard InChI is InChI=1S/C36H38N8O4/c37-34(46)28(14-21-5-6-27-23(13-21)19-43(36(27)48)32-7-8-33(45)41-35(32)47)22-15-26(16-22)42-11-9-25(10-12-42)44-20-24(17-39-44)31-18-38-29-3-1-2-4-30(29)40-31/h1-6,13,17-18,20,22,25-26,28,32H,7-12,14-16,19H2,(H2,37,46)(H,41,45,47). The first-order valence-corrected chi connectivity index (χ1v) is 16.9. The van der Waals surface area contributed by atoms with Crippen molar-refractivity contribution in [2.24, 2.45) is 17.6 Å². The number of amides is 4. The minimum absolute atomic E-state index is 0.199. The molecule has 1 aliphatic carbocycles. The molecule has 0 bridgehead atoms. The fourth-order valence-corrected chi connectivity index (χ4v) is 8.05. The Morgan fingerprint density at radius 3 is 2.54 bits per heavy atom. The van der Waals surface area contributed by atoms with Crippen LogP contribution in [0.2, 0.25) is 0 Å². The van der Waals surface area contributed by atoms with Gasteiger partial charge < -0.3 is 15.5 Å². The number of benzene rings is 2. The van der Waals surface area contributed by atoms with E-state index in [0.717, 1.165) is 72.2 Å². The third-order valence-corrected chi connectivity index (χ3v) is 10.9. The maximum Gasteiger partial charge on any atom is 0.255 e. The summed E-state index contributed by atoms with van der Waals surface area (Å²) >= 11 is 0. The Kier molecular flexibility index (Phi) is 7.74. The van der Waals surface area contributed by atoms with E-state index < -0.39 is 11.9 Å². The highest BCUT2D eigenvalue weighted by Crippen LogP contribution is 2.41. The van der Waals surface area contributed by atoms with Crippen molar-refractivity contribution in [3.8, 4) is 11.3 Å². The molecule has 0 spiro atoms.